The third-order valence-electron chi connectivity index (χ3n) is 5.00. The zero-order chi connectivity index (χ0) is 21.6. The Kier molecular flexibility index (Phi) is 6.48. The summed E-state index contributed by atoms with van der Waals surface area (Å²) in [5.74, 6) is 0.0420. The second-order valence-electron chi connectivity index (χ2n) is 7.12. The Labute approximate surface area is 185 Å². The number of nitrogens with one attached hydrogen (secondary N) is 1. The van der Waals surface area contributed by atoms with Gasteiger partial charge in [0.2, 0.25) is 5.91 Å². The highest BCUT2D eigenvalue weighted by molar-refractivity contribution is 7.99. The number of hydrogen-bond acceptors (Lipinski definition) is 4. The Bertz CT molecular complexity index is 1270. The van der Waals surface area contributed by atoms with E-state index in [9.17, 15) is 9.59 Å². The smallest absolute Gasteiger partial charge is 0.262 e. The number of para-hydroxylation sites is 2. The molecule has 0 saturated carbocycles. The molecule has 0 aliphatic carbocycles. The van der Waals surface area contributed by atoms with E-state index in [4.69, 9.17) is 0 Å². The number of hydrogen-bond donors (Lipinski definition) is 1. The molecule has 5 nitrogen and oxygen atoms in total. The predicted octanol–water partition coefficient (Wildman–Crippen LogP) is 4.74. The van der Waals surface area contributed by atoms with E-state index in [1.54, 1.807) is 10.6 Å². The van der Waals surface area contributed by atoms with Crippen molar-refractivity contribution in [3.63, 3.8) is 0 Å². The summed E-state index contributed by atoms with van der Waals surface area (Å²) in [4.78, 5) is 30.0. The highest BCUT2D eigenvalue weighted by Crippen LogP contribution is 2.21. The van der Waals surface area contributed by atoms with Crippen molar-refractivity contribution in [3.05, 3.63) is 100 Å². The van der Waals surface area contributed by atoms with Crippen LogP contribution in [0.4, 0.5) is 5.69 Å². The van der Waals surface area contributed by atoms with Gasteiger partial charge in [-0.05, 0) is 42.7 Å². The monoisotopic (exact) mass is 429 g/mol. The van der Waals surface area contributed by atoms with Crippen molar-refractivity contribution in [1.29, 1.82) is 0 Å². The van der Waals surface area contributed by atoms with Crippen LogP contribution in [0, 0.1) is 0 Å². The number of fused-ring (bicyclic) bond motifs is 1. The van der Waals surface area contributed by atoms with E-state index in [1.165, 1.54) is 17.3 Å². The molecule has 6 heteroatoms. The van der Waals surface area contributed by atoms with Crippen molar-refractivity contribution >= 4 is 34.3 Å². The van der Waals surface area contributed by atoms with E-state index in [2.05, 4.69) is 22.4 Å². The number of carbonyl (C=O) groups is 1. The lowest BCUT2D eigenvalue weighted by atomic mass is 10.0. The Hall–Kier alpha value is -3.38. The third kappa shape index (κ3) is 4.86. The molecule has 0 atom stereocenters. The van der Waals surface area contributed by atoms with Crippen molar-refractivity contribution in [3.8, 4) is 0 Å². The van der Waals surface area contributed by atoms with Crippen molar-refractivity contribution < 1.29 is 4.79 Å². The van der Waals surface area contributed by atoms with Crippen molar-refractivity contribution in [2.45, 2.75) is 25.0 Å². The minimum absolute atomic E-state index is 0.0794. The molecule has 1 heterocycles. The average molecular weight is 430 g/mol. The fraction of sp³-hybridized carbons (Fsp3) is 0.160. The topological polar surface area (TPSA) is 64.0 Å². The number of anilines is 1. The minimum Gasteiger partial charge on any atom is -0.325 e. The normalized spacial score (nSPS) is 10.9. The lowest BCUT2D eigenvalue weighted by Gasteiger charge is -2.13. The van der Waals surface area contributed by atoms with Gasteiger partial charge in [-0.15, -0.1) is 0 Å². The van der Waals surface area contributed by atoms with Crippen molar-refractivity contribution in [2.75, 3.05) is 11.1 Å². The molecule has 0 bridgehead atoms. The molecule has 0 spiro atoms. The van der Waals surface area contributed by atoms with E-state index in [-0.39, 0.29) is 17.2 Å². The first-order valence-corrected chi connectivity index (χ1v) is 11.2. The van der Waals surface area contributed by atoms with Gasteiger partial charge in [0.15, 0.2) is 5.16 Å². The molecule has 4 rings (SSSR count). The van der Waals surface area contributed by atoms with Gasteiger partial charge in [0.05, 0.1) is 16.7 Å². The fourth-order valence-electron chi connectivity index (χ4n) is 3.47. The lowest BCUT2D eigenvalue weighted by Crippen LogP contribution is -2.23. The van der Waals surface area contributed by atoms with Crippen LogP contribution in [0.25, 0.3) is 10.9 Å². The Morgan fingerprint density at radius 1 is 0.968 bits per heavy atom. The van der Waals surface area contributed by atoms with Gasteiger partial charge in [-0.1, -0.05) is 72.4 Å². The quantitative estimate of drug-likeness (QED) is 0.341. The maximum absolute atomic E-state index is 12.7. The third-order valence-corrected chi connectivity index (χ3v) is 5.98. The predicted molar refractivity (Wildman–Crippen MR) is 127 cm³/mol. The number of thioether (sulfide) groups is 1. The van der Waals surface area contributed by atoms with Crippen LogP contribution in [-0.2, 0) is 17.8 Å². The summed E-state index contributed by atoms with van der Waals surface area (Å²) in [7, 11) is 0. The standard InChI is InChI=1S/C25H23N3O2S/c1-2-28-24(30)20-13-7-9-15-22(20)27-25(28)31-17-23(29)26-21-14-8-6-12-19(21)16-18-10-4-3-5-11-18/h3-15H,2,16-17H2,1H3,(H,26,29). The molecular weight excluding hydrogens is 406 g/mol. The SMILES string of the molecule is CCn1c(SCC(=O)Nc2ccccc2Cc2ccccc2)nc2ccccc2c1=O. The van der Waals surface area contributed by atoms with Gasteiger partial charge in [0, 0.05) is 12.2 Å². The molecule has 0 saturated heterocycles. The second kappa shape index (κ2) is 9.62. The van der Waals surface area contributed by atoms with Gasteiger partial charge in [0.1, 0.15) is 0 Å². The zero-order valence-electron chi connectivity index (χ0n) is 17.2. The molecule has 0 unspecified atom stereocenters. The number of benzene rings is 3. The van der Waals surface area contributed by atoms with E-state index in [0.29, 0.717) is 22.6 Å². The van der Waals surface area contributed by atoms with E-state index in [0.717, 1.165) is 17.7 Å². The molecule has 0 radical (unpaired) electrons. The van der Waals surface area contributed by atoms with Gasteiger partial charge in [-0.2, -0.15) is 0 Å². The molecule has 1 aromatic heterocycles. The molecule has 4 aromatic rings. The molecule has 0 fully saturated rings. The van der Waals surface area contributed by atoms with E-state index in [1.807, 2.05) is 67.6 Å². The van der Waals surface area contributed by atoms with E-state index >= 15 is 0 Å². The van der Waals surface area contributed by atoms with Crippen LogP contribution in [0.15, 0.2) is 88.8 Å². The molecule has 3 aromatic carbocycles. The van der Waals surface area contributed by atoms with Gasteiger partial charge in [-0.25, -0.2) is 4.98 Å². The lowest BCUT2D eigenvalue weighted by molar-refractivity contribution is -0.113. The van der Waals surface area contributed by atoms with Crippen LogP contribution in [0.1, 0.15) is 18.1 Å². The molecule has 156 valence electrons. The number of nitrogens with zero attached hydrogens (tertiary/aromatic N) is 2. The first-order chi connectivity index (χ1) is 15.2. The van der Waals surface area contributed by atoms with Gasteiger partial charge in [-0.3, -0.25) is 14.2 Å². The summed E-state index contributed by atoms with van der Waals surface area (Å²) in [6, 6.07) is 25.3. The molecule has 1 amide bonds. The second-order valence-corrected chi connectivity index (χ2v) is 8.06. The van der Waals surface area contributed by atoms with Crippen LogP contribution in [0.3, 0.4) is 0 Å². The maximum Gasteiger partial charge on any atom is 0.262 e. The van der Waals surface area contributed by atoms with Crippen LogP contribution in [-0.4, -0.2) is 21.2 Å². The number of amides is 1. The zero-order valence-corrected chi connectivity index (χ0v) is 18.1. The summed E-state index contributed by atoms with van der Waals surface area (Å²) in [5, 5.41) is 4.16. The first kappa shape index (κ1) is 20.9. The highest BCUT2D eigenvalue weighted by atomic mass is 32.2. The molecule has 0 aliphatic rings. The maximum atomic E-state index is 12.7. The fourth-order valence-corrected chi connectivity index (χ4v) is 4.33. The van der Waals surface area contributed by atoms with Crippen LogP contribution in [0.2, 0.25) is 0 Å². The number of carbonyl (C=O) groups excluding carboxylic acids is 1. The van der Waals surface area contributed by atoms with Crippen LogP contribution >= 0.6 is 11.8 Å². The molecule has 1 N–H and O–H groups in total. The van der Waals surface area contributed by atoms with Crippen LogP contribution in [0.5, 0.6) is 0 Å². The van der Waals surface area contributed by atoms with Crippen molar-refractivity contribution in [1.82, 2.24) is 9.55 Å². The average Bonchev–Trinajstić information content (AvgIpc) is 2.80. The highest BCUT2D eigenvalue weighted by Gasteiger charge is 2.13. The first-order valence-electron chi connectivity index (χ1n) is 10.2. The van der Waals surface area contributed by atoms with Gasteiger partial charge in [0.25, 0.3) is 5.56 Å². The van der Waals surface area contributed by atoms with Gasteiger partial charge >= 0.3 is 0 Å². The summed E-state index contributed by atoms with van der Waals surface area (Å²) < 4.78 is 1.61. The summed E-state index contributed by atoms with van der Waals surface area (Å²) in [6.07, 6.45) is 0.742. The Morgan fingerprint density at radius 3 is 2.48 bits per heavy atom. The van der Waals surface area contributed by atoms with Crippen LogP contribution < -0.4 is 10.9 Å². The summed E-state index contributed by atoms with van der Waals surface area (Å²) >= 11 is 1.28. The van der Waals surface area contributed by atoms with E-state index < -0.39 is 0 Å². The number of aromatic nitrogens is 2. The molecule has 0 aliphatic heterocycles. The minimum atomic E-state index is -0.129. The molecule has 31 heavy (non-hydrogen) atoms. The van der Waals surface area contributed by atoms with Crippen molar-refractivity contribution in [2.24, 2.45) is 0 Å². The van der Waals surface area contributed by atoms with Gasteiger partial charge < -0.3 is 5.32 Å². The summed E-state index contributed by atoms with van der Waals surface area (Å²) in [6.45, 7) is 2.41. The summed E-state index contributed by atoms with van der Waals surface area (Å²) in [5.41, 5.74) is 3.61. The number of rotatable bonds is 7. The largest absolute Gasteiger partial charge is 0.325 e. The Morgan fingerprint density at radius 2 is 1.68 bits per heavy atom. The molecular formula is C25H23N3O2S. The Balaban J connectivity index is 1.49.